The van der Waals surface area contributed by atoms with E-state index in [4.69, 9.17) is 0 Å². The van der Waals surface area contributed by atoms with Gasteiger partial charge in [-0.15, -0.1) is 0 Å². The van der Waals surface area contributed by atoms with E-state index >= 15 is 0 Å². The molecule has 26 heavy (non-hydrogen) atoms. The zero-order valence-corrected chi connectivity index (χ0v) is 15.9. The molecule has 138 valence electrons. The van der Waals surface area contributed by atoms with Gasteiger partial charge in [0.25, 0.3) is 0 Å². The highest BCUT2D eigenvalue weighted by molar-refractivity contribution is 6.00. The SMILES string of the molecule is CC(C)C(C(=O)N[C@@H](C)c1ccccc1)C(=O)N[C@@H](C)c1ccccc1. The van der Waals surface area contributed by atoms with E-state index in [1.54, 1.807) is 0 Å². The van der Waals surface area contributed by atoms with Crippen molar-refractivity contribution in [1.29, 1.82) is 0 Å². The lowest BCUT2D eigenvalue weighted by Crippen LogP contribution is -2.45. The molecule has 0 spiro atoms. The standard InChI is InChI=1S/C22H28N2O2/c1-15(2)20(21(25)23-16(3)18-11-7-5-8-12-18)22(26)24-17(4)19-13-9-6-10-14-19/h5-17,20H,1-4H3,(H,23,25)(H,24,26)/t16-,17-/m0/s1. The van der Waals surface area contributed by atoms with Gasteiger partial charge < -0.3 is 10.6 Å². The average molecular weight is 352 g/mol. The summed E-state index contributed by atoms with van der Waals surface area (Å²) in [5, 5.41) is 5.94. The molecule has 4 heteroatoms. The predicted octanol–water partition coefficient (Wildman–Crippen LogP) is 4.01. The van der Waals surface area contributed by atoms with E-state index in [1.807, 2.05) is 88.4 Å². The van der Waals surface area contributed by atoms with Crippen LogP contribution in [0.1, 0.15) is 50.9 Å². The van der Waals surface area contributed by atoms with Gasteiger partial charge in [0, 0.05) is 0 Å². The molecule has 4 nitrogen and oxygen atoms in total. The quantitative estimate of drug-likeness (QED) is 0.740. The molecular formula is C22H28N2O2. The van der Waals surface area contributed by atoms with Crippen molar-refractivity contribution in [2.45, 2.75) is 39.8 Å². The average Bonchev–Trinajstić information content (AvgIpc) is 2.62. The van der Waals surface area contributed by atoms with Gasteiger partial charge in [0.2, 0.25) is 11.8 Å². The van der Waals surface area contributed by atoms with Gasteiger partial charge in [-0.05, 0) is 30.9 Å². The van der Waals surface area contributed by atoms with Crippen LogP contribution in [0.25, 0.3) is 0 Å². The lowest BCUT2D eigenvalue weighted by atomic mass is 9.92. The van der Waals surface area contributed by atoms with Crippen LogP contribution in [0.15, 0.2) is 60.7 Å². The highest BCUT2D eigenvalue weighted by Crippen LogP contribution is 2.18. The molecule has 0 bridgehead atoms. The summed E-state index contributed by atoms with van der Waals surface area (Å²) in [6.45, 7) is 7.64. The second-order valence-electron chi connectivity index (χ2n) is 7.00. The summed E-state index contributed by atoms with van der Waals surface area (Å²) in [5.41, 5.74) is 2.03. The first-order valence-electron chi connectivity index (χ1n) is 9.10. The fraction of sp³-hybridized carbons (Fsp3) is 0.364. The summed E-state index contributed by atoms with van der Waals surface area (Å²) in [5.74, 6) is -1.31. The molecule has 2 amide bonds. The molecule has 2 aromatic carbocycles. The number of carbonyl (C=O) groups is 2. The van der Waals surface area contributed by atoms with Crippen LogP contribution in [-0.2, 0) is 9.59 Å². The highest BCUT2D eigenvalue weighted by Gasteiger charge is 2.31. The molecule has 2 atom stereocenters. The molecule has 0 aliphatic heterocycles. The van der Waals surface area contributed by atoms with Crippen molar-refractivity contribution < 1.29 is 9.59 Å². The van der Waals surface area contributed by atoms with Gasteiger partial charge in [-0.1, -0.05) is 74.5 Å². The Labute approximate surface area is 156 Å². The van der Waals surface area contributed by atoms with Crippen LogP contribution in [0, 0.1) is 11.8 Å². The maximum Gasteiger partial charge on any atom is 0.233 e. The number of amides is 2. The summed E-state index contributed by atoms with van der Waals surface area (Å²) in [6, 6.07) is 19.2. The maximum atomic E-state index is 12.8. The van der Waals surface area contributed by atoms with Crippen LogP contribution in [0.5, 0.6) is 0 Å². The lowest BCUT2D eigenvalue weighted by molar-refractivity contribution is -0.137. The molecule has 0 radical (unpaired) electrons. The van der Waals surface area contributed by atoms with Crippen LogP contribution in [0.3, 0.4) is 0 Å². The number of carbonyl (C=O) groups excluding carboxylic acids is 2. The van der Waals surface area contributed by atoms with Crippen molar-refractivity contribution in [2.75, 3.05) is 0 Å². The Morgan fingerprint density at radius 1 is 0.654 bits per heavy atom. The third-order valence-corrected chi connectivity index (χ3v) is 4.55. The van der Waals surface area contributed by atoms with Gasteiger partial charge >= 0.3 is 0 Å². The molecule has 0 fully saturated rings. The summed E-state index contributed by atoms with van der Waals surface area (Å²) < 4.78 is 0. The van der Waals surface area contributed by atoms with E-state index in [0.717, 1.165) is 11.1 Å². The zero-order chi connectivity index (χ0) is 19.1. The lowest BCUT2D eigenvalue weighted by Gasteiger charge is -2.24. The van der Waals surface area contributed by atoms with Gasteiger partial charge in [-0.3, -0.25) is 9.59 Å². The topological polar surface area (TPSA) is 58.2 Å². The first-order chi connectivity index (χ1) is 12.4. The Morgan fingerprint density at radius 3 is 1.31 bits per heavy atom. The van der Waals surface area contributed by atoms with Crippen LogP contribution in [-0.4, -0.2) is 11.8 Å². The number of hydrogen-bond donors (Lipinski definition) is 2. The van der Waals surface area contributed by atoms with Crippen molar-refractivity contribution in [2.24, 2.45) is 11.8 Å². The van der Waals surface area contributed by atoms with Crippen LogP contribution >= 0.6 is 0 Å². The number of rotatable bonds is 7. The number of hydrogen-bond acceptors (Lipinski definition) is 2. The molecule has 0 aliphatic rings. The molecule has 0 aromatic heterocycles. The first-order valence-corrected chi connectivity index (χ1v) is 9.10. The normalized spacial score (nSPS) is 13.3. The predicted molar refractivity (Wildman–Crippen MR) is 104 cm³/mol. The van der Waals surface area contributed by atoms with E-state index in [1.165, 1.54) is 0 Å². The second kappa shape index (κ2) is 9.18. The van der Waals surface area contributed by atoms with Gasteiger partial charge in [0.1, 0.15) is 5.92 Å². The fourth-order valence-electron chi connectivity index (χ4n) is 2.98. The van der Waals surface area contributed by atoms with Crippen LogP contribution in [0.4, 0.5) is 0 Å². The van der Waals surface area contributed by atoms with Gasteiger partial charge in [-0.2, -0.15) is 0 Å². The van der Waals surface area contributed by atoms with E-state index < -0.39 is 5.92 Å². The van der Waals surface area contributed by atoms with Crippen LogP contribution in [0.2, 0.25) is 0 Å². The smallest absolute Gasteiger partial charge is 0.233 e. The van der Waals surface area contributed by atoms with Crippen molar-refractivity contribution in [3.8, 4) is 0 Å². The molecule has 2 N–H and O–H groups in total. The Morgan fingerprint density at radius 2 is 1.00 bits per heavy atom. The van der Waals surface area contributed by atoms with Gasteiger partial charge in [0.05, 0.1) is 12.1 Å². The van der Waals surface area contributed by atoms with Gasteiger partial charge in [-0.25, -0.2) is 0 Å². The third-order valence-electron chi connectivity index (χ3n) is 4.55. The van der Waals surface area contributed by atoms with Crippen molar-refractivity contribution in [1.82, 2.24) is 10.6 Å². The zero-order valence-electron chi connectivity index (χ0n) is 15.9. The minimum absolute atomic E-state index is 0.0963. The molecule has 0 saturated carbocycles. The molecule has 2 aromatic rings. The van der Waals surface area contributed by atoms with Crippen molar-refractivity contribution in [3.05, 3.63) is 71.8 Å². The maximum absolute atomic E-state index is 12.8. The Bertz CT molecular complexity index is 654. The first kappa shape index (κ1) is 19.7. The summed E-state index contributed by atoms with van der Waals surface area (Å²) in [4.78, 5) is 25.5. The summed E-state index contributed by atoms with van der Waals surface area (Å²) in [6.07, 6.45) is 0. The molecule has 0 unspecified atom stereocenters. The van der Waals surface area contributed by atoms with E-state index in [9.17, 15) is 9.59 Å². The second-order valence-corrected chi connectivity index (χ2v) is 7.00. The number of benzene rings is 2. The van der Waals surface area contributed by atoms with Gasteiger partial charge in [0.15, 0.2) is 0 Å². The van der Waals surface area contributed by atoms with Crippen LogP contribution < -0.4 is 10.6 Å². The Hall–Kier alpha value is -2.62. The monoisotopic (exact) mass is 352 g/mol. The van der Waals surface area contributed by atoms with E-state index in [-0.39, 0.29) is 29.8 Å². The molecule has 0 aliphatic carbocycles. The third kappa shape index (κ3) is 5.19. The van der Waals surface area contributed by atoms with Crippen molar-refractivity contribution in [3.63, 3.8) is 0 Å². The van der Waals surface area contributed by atoms with E-state index in [0.29, 0.717) is 0 Å². The molecular weight excluding hydrogens is 324 g/mol. The summed E-state index contributed by atoms with van der Waals surface area (Å²) in [7, 11) is 0. The van der Waals surface area contributed by atoms with E-state index in [2.05, 4.69) is 10.6 Å². The largest absolute Gasteiger partial charge is 0.349 e. The molecule has 0 saturated heterocycles. The molecule has 0 heterocycles. The highest BCUT2D eigenvalue weighted by atomic mass is 16.2. The fourth-order valence-corrected chi connectivity index (χ4v) is 2.98. The number of nitrogens with one attached hydrogen (secondary N) is 2. The molecule has 2 rings (SSSR count). The minimum atomic E-state index is -0.729. The Kier molecular flexibility index (Phi) is 6.96. The summed E-state index contributed by atoms with van der Waals surface area (Å²) >= 11 is 0. The Balaban J connectivity index is 2.04. The van der Waals surface area contributed by atoms with Crippen molar-refractivity contribution >= 4 is 11.8 Å². The minimum Gasteiger partial charge on any atom is -0.349 e.